The smallest absolute Gasteiger partial charge is 0.196 e. The maximum Gasteiger partial charge on any atom is 0.196 e. The van der Waals surface area contributed by atoms with E-state index in [0.717, 1.165) is 51.2 Å². The van der Waals surface area contributed by atoms with Crippen LogP contribution in [0.15, 0.2) is 9.98 Å². The van der Waals surface area contributed by atoms with Crippen molar-refractivity contribution < 1.29 is 0 Å². The fourth-order valence-corrected chi connectivity index (χ4v) is 2.86. The van der Waals surface area contributed by atoms with Crippen LogP contribution >= 0.6 is 0 Å². The van der Waals surface area contributed by atoms with Crippen LogP contribution < -0.4 is 0 Å². The van der Waals surface area contributed by atoms with Crippen LogP contribution in [0.25, 0.3) is 0 Å². The van der Waals surface area contributed by atoms with Gasteiger partial charge in [-0.25, -0.2) is 0 Å². The Bertz CT molecular complexity index is 318. The van der Waals surface area contributed by atoms with Gasteiger partial charge in [-0.1, -0.05) is 0 Å². The zero-order valence-electron chi connectivity index (χ0n) is 13.3. The summed E-state index contributed by atoms with van der Waals surface area (Å²) in [7, 11) is 8.46. The minimum Gasteiger partial charge on any atom is -0.346 e. The van der Waals surface area contributed by atoms with Crippen molar-refractivity contribution in [2.24, 2.45) is 9.98 Å². The molecule has 20 heavy (non-hydrogen) atoms. The molecular formula is C14H28N6. The summed E-state index contributed by atoms with van der Waals surface area (Å²) in [6, 6.07) is 0. The van der Waals surface area contributed by atoms with Crippen molar-refractivity contribution in [1.82, 2.24) is 19.6 Å². The van der Waals surface area contributed by atoms with Crippen molar-refractivity contribution in [3.63, 3.8) is 0 Å². The number of nitrogens with zero attached hydrogens (tertiary/aromatic N) is 6. The molecule has 2 aliphatic heterocycles. The first-order valence-corrected chi connectivity index (χ1v) is 7.53. The highest BCUT2D eigenvalue weighted by Gasteiger charge is 2.18. The van der Waals surface area contributed by atoms with Crippen LogP contribution in [0.5, 0.6) is 0 Å². The molecule has 6 nitrogen and oxygen atoms in total. The van der Waals surface area contributed by atoms with Crippen LogP contribution in [-0.2, 0) is 0 Å². The maximum absolute atomic E-state index is 4.70. The van der Waals surface area contributed by atoms with Crippen molar-refractivity contribution in [3.8, 4) is 0 Å². The van der Waals surface area contributed by atoms with Gasteiger partial charge in [-0.3, -0.25) is 9.98 Å². The normalized spacial score (nSPS) is 20.6. The van der Waals surface area contributed by atoms with Crippen molar-refractivity contribution in [3.05, 3.63) is 0 Å². The second kappa shape index (κ2) is 6.81. The average molecular weight is 280 g/mol. The van der Waals surface area contributed by atoms with Gasteiger partial charge in [-0.15, -0.1) is 0 Å². The van der Waals surface area contributed by atoms with Crippen LogP contribution in [0.2, 0.25) is 0 Å². The standard InChI is InChI=1S/C14H28N6/c1-17-9-5-10-18(2)13(17)15-7-8-16-14-19(3)11-6-12-20(14)4/h5-12H2,1-4H3. The molecule has 0 atom stereocenters. The first-order chi connectivity index (χ1) is 9.59. The van der Waals surface area contributed by atoms with E-state index in [-0.39, 0.29) is 0 Å². The van der Waals surface area contributed by atoms with E-state index < -0.39 is 0 Å². The third kappa shape index (κ3) is 3.55. The molecule has 0 saturated carbocycles. The topological polar surface area (TPSA) is 37.7 Å². The summed E-state index contributed by atoms with van der Waals surface area (Å²) in [6.45, 7) is 5.92. The van der Waals surface area contributed by atoms with E-state index in [1.807, 2.05) is 0 Å². The lowest BCUT2D eigenvalue weighted by atomic mass is 10.3. The minimum atomic E-state index is 0.759. The van der Waals surface area contributed by atoms with E-state index in [0.29, 0.717) is 0 Å². The molecule has 2 saturated heterocycles. The zero-order chi connectivity index (χ0) is 14.5. The van der Waals surface area contributed by atoms with E-state index in [1.54, 1.807) is 0 Å². The molecule has 2 fully saturated rings. The highest BCUT2D eigenvalue weighted by atomic mass is 15.4. The first kappa shape index (κ1) is 14.9. The largest absolute Gasteiger partial charge is 0.346 e. The highest BCUT2D eigenvalue weighted by molar-refractivity contribution is 5.81. The van der Waals surface area contributed by atoms with Gasteiger partial charge in [0.15, 0.2) is 11.9 Å². The summed E-state index contributed by atoms with van der Waals surface area (Å²) in [6.07, 6.45) is 2.42. The Morgan fingerprint density at radius 2 is 0.950 bits per heavy atom. The summed E-state index contributed by atoms with van der Waals surface area (Å²) in [5, 5.41) is 0. The van der Waals surface area contributed by atoms with Crippen molar-refractivity contribution >= 4 is 11.9 Å². The van der Waals surface area contributed by atoms with Gasteiger partial charge >= 0.3 is 0 Å². The molecule has 0 aromatic carbocycles. The number of guanidine groups is 2. The van der Waals surface area contributed by atoms with Gasteiger partial charge in [0.2, 0.25) is 0 Å². The summed E-state index contributed by atoms with van der Waals surface area (Å²) in [5.41, 5.74) is 0. The molecule has 0 aliphatic carbocycles. The molecule has 0 aromatic heterocycles. The molecule has 6 heteroatoms. The predicted octanol–water partition coefficient (Wildman–Crippen LogP) is 0.233. The fraction of sp³-hybridized carbons (Fsp3) is 0.857. The Labute approximate surface area is 122 Å². The highest BCUT2D eigenvalue weighted by Crippen LogP contribution is 2.06. The lowest BCUT2D eigenvalue weighted by Crippen LogP contribution is -2.47. The summed E-state index contributed by atoms with van der Waals surface area (Å²) in [5.74, 6) is 2.20. The van der Waals surface area contributed by atoms with Gasteiger partial charge < -0.3 is 19.6 Å². The number of rotatable bonds is 3. The number of hydrogen-bond donors (Lipinski definition) is 0. The van der Waals surface area contributed by atoms with Crippen LogP contribution in [-0.4, -0.2) is 99.0 Å². The Morgan fingerprint density at radius 1 is 0.650 bits per heavy atom. The van der Waals surface area contributed by atoms with Gasteiger partial charge in [0, 0.05) is 54.4 Å². The molecule has 114 valence electrons. The monoisotopic (exact) mass is 280 g/mol. The van der Waals surface area contributed by atoms with E-state index in [9.17, 15) is 0 Å². The first-order valence-electron chi connectivity index (χ1n) is 7.53. The van der Waals surface area contributed by atoms with Gasteiger partial charge in [-0.05, 0) is 12.8 Å². The molecule has 2 rings (SSSR count). The summed E-state index contributed by atoms with van der Waals surface area (Å²) >= 11 is 0. The van der Waals surface area contributed by atoms with Crippen molar-refractivity contribution in [1.29, 1.82) is 0 Å². The Morgan fingerprint density at radius 3 is 1.25 bits per heavy atom. The predicted molar refractivity (Wildman–Crippen MR) is 84.4 cm³/mol. The molecular weight excluding hydrogens is 252 g/mol. The van der Waals surface area contributed by atoms with E-state index >= 15 is 0 Å². The summed E-state index contributed by atoms with van der Waals surface area (Å²) < 4.78 is 0. The van der Waals surface area contributed by atoms with Crippen LogP contribution in [0.3, 0.4) is 0 Å². The van der Waals surface area contributed by atoms with Crippen LogP contribution in [0.4, 0.5) is 0 Å². The second-order valence-corrected chi connectivity index (χ2v) is 5.76. The SMILES string of the molecule is CN1CCCN(C)C1=NCCN=C1N(C)CCCN1C. The maximum atomic E-state index is 4.70. The van der Waals surface area contributed by atoms with E-state index in [1.165, 1.54) is 12.8 Å². The fourth-order valence-electron chi connectivity index (χ4n) is 2.86. The van der Waals surface area contributed by atoms with Crippen molar-refractivity contribution in [2.75, 3.05) is 67.5 Å². The Kier molecular flexibility index (Phi) is 5.09. The second-order valence-electron chi connectivity index (χ2n) is 5.76. The van der Waals surface area contributed by atoms with Gasteiger partial charge in [0.25, 0.3) is 0 Å². The molecule has 0 unspecified atom stereocenters. The molecule has 0 N–H and O–H groups in total. The number of aliphatic imine (C=N–C) groups is 2. The Balaban J connectivity index is 1.88. The molecule has 0 aromatic rings. The molecule has 0 amide bonds. The quantitative estimate of drug-likeness (QED) is 0.694. The molecule has 0 spiro atoms. The van der Waals surface area contributed by atoms with Gasteiger partial charge in [-0.2, -0.15) is 0 Å². The minimum absolute atomic E-state index is 0.759. The molecule has 0 bridgehead atoms. The third-order valence-corrected chi connectivity index (χ3v) is 3.95. The molecule has 2 aliphatic rings. The van der Waals surface area contributed by atoms with Crippen LogP contribution in [0, 0.1) is 0 Å². The van der Waals surface area contributed by atoms with E-state index in [4.69, 9.17) is 9.98 Å². The van der Waals surface area contributed by atoms with Crippen molar-refractivity contribution in [2.45, 2.75) is 12.8 Å². The molecule has 0 radical (unpaired) electrons. The summed E-state index contributed by atoms with van der Waals surface area (Å²) in [4.78, 5) is 18.3. The lowest BCUT2D eigenvalue weighted by molar-refractivity contribution is 0.314. The number of hydrogen-bond acceptors (Lipinski definition) is 2. The van der Waals surface area contributed by atoms with Gasteiger partial charge in [0.1, 0.15) is 0 Å². The average Bonchev–Trinajstić information content (AvgIpc) is 2.40. The van der Waals surface area contributed by atoms with Crippen LogP contribution in [0.1, 0.15) is 12.8 Å². The zero-order valence-corrected chi connectivity index (χ0v) is 13.3. The van der Waals surface area contributed by atoms with E-state index in [2.05, 4.69) is 47.8 Å². The Hall–Kier alpha value is -1.46. The third-order valence-electron chi connectivity index (χ3n) is 3.95. The molecule has 2 heterocycles. The lowest BCUT2D eigenvalue weighted by Gasteiger charge is -2.35. The van der Waals surface area contributed by atoms with Gasteiger partial charge in [0.05, 0.1) is 13.1 Å².